The zero-order valence-electron chi connectivity index (χ0n) is 35.4. The number of fused-ring (bicyclic) bond motifs is 9. The molecule has 2 aromatic heterocycles. The molecule has 304 valence electrons. The number of nitrogens with zero attached hydrogens (tertiary/aromatic N) is 2. The normalized spacial score (nSPS) is 11.7. The second-order valence-electron chi connectivity index (χ2n) is 16.9. The van der Waals surface area contributed by atoms with Crippen LogP contribution in [0.4, 0.5) is 17.1 Å². The van der Waals surface area contributed by atoms with Crippen molar-refractivity contribution in [3.05, 3.63) is 243 Å². The number of anilines is 3. The molecule has 0 spiro atoms. The minimum atomic E-state index is 0.901. The van der Waals surface area contributed by atoms with Crippen LogP contribution in [-0.2, 0) is 0 Å². The molecule has 0 aliphatic rings. The van der Waals surface area contributed by atoms with E-state index in [-0.39, 0.29) is 0 Å². The van der Waals surface area contributed by atoms with Gasteiger partial charge in [0.1, 0.15) is 11.2 Å². The Labute approximate surface area is 376 Å². The van der Waals surface area contributed by atoms with E-state index in [1.165, 1.54) is 54.5 Å². The van der Waals surface area contributed by atoms with Crippen molar-refractivity contribution in [2.75, 3.05) is 4.90 Å². The summed E-state index contributed by atoms with van der Waals surface area (Å²) in [6.07, 6.45) is 0. The van der Waals surface area contributed by atoms with Crippen molar-refractivity contribution in [3.63, 3.8) is 0 Å². The molecule has 13 aromatic rings. The number of hydrogen-bond acceptors (Lipinski definition) is 2. The van der Waals surface area contributed by atoms with E-state index in [2.05, 4.69) is 240 Å². The van der Waals surface area contributed by atoms with Gasteiger partial charge in [-0.05, 0) is 111 Å². The van der Waals surface area contributed by atoms with Gasteiger partial charge in [-0.1, -0.05) is 176 Å². The third kappa shape index (κ3) is 6.12. The van der Waals surface area contributed by atoms with Crippen LogP contribution in [0.2, 0.25) is 0 Å². The Kier molecular flexibility index (Phi) is 8.53. The first-order valence-corrected chi connectivity index (χ1v) is 22.2. The molecule has 3 nitrogen and oxygen atoms in total. The monoisotopic (exact) mass is 828 g/mol. The fourth-order valence-corrected chi connectivity index (χ4v) is 10.1. The van der Waals surface area contributed by atoms with E-state index >= 15 is 0 Å². The lowest BCUT2D eigenvalue weighted by Crippen LogP contribution is -2.10. The van der Waals surface area contributed by atoms with Gasteiger partial charge in [0, 0.05) is 49.7 Å². The molecule has 0 unspecified atom stereocenters. The van der Waals surface area contributed by atoms with Gasteiger partial charge < -0.3 is 13.9 Å². The molecule has 0 aliphatic heterocycles. The first-order chi connectivity index (χ1) is 32.2. The highest BCUT2D eigenvalue weighted by Crippen LogP contribution is 2.42. The molecule has 0 bridgehead atoms. The summed E-state index contributed by atoms with van der Waals surface area (Å²) in [5.41, 5.74) is 15.4. The molecule has 0 radical (unpaired) electrons. The molecular formula is C62H40N2O. The molecule has 0 N–H and O–H groups in total. The van der Waals surface area contributed by atoms with Crippen LogP contribution in [-0.4, -0.2) is 4.57 Å². The van der Waals surface area contributed by atoms with E-state index < -0.39 is 0 Å². The van der Waals surface area contributed by atoms with Gasteiger partial charge in [0.2, 0.25) is 0 Å². The minimum Gasteiger partial charge on any atom is -0.455 e. The number of hydrogen-bond donors (Lipinski definition) is 0. The van der Waals surface area contributed by atoms with Gasteiger partial charge in [-0.15, -0.1) is 0 Å². The summed E-state index contributed by atoms with van der Waals surface area (Å²) < 4.78 is 8.89. The van der Waals surface area contributed by atoms with Crippen molar-refractivity contribution in [3.8, 4) is 39.1 Å². The third-order valence-electron chi connectivity index (χ3n) is 13.2. The van der Waals surface area contributed by atoms with Crippen molar-refractivity contribution in [2.45, 2.75) is 0 Å². The lowest BCUT2D eigenvalue weighted by atomic mass is 9.97. The molecule has 13 rings (SSSR count). The SMILES string of the molecule is c1cc(-c2ccccc2-n2c3ccccc3c3ccccc32)cc(N(c2ccc(-c3ccc4c(ccc5ccccc54)c3)cc2)c2ccc(-c3cccc4c3oc3ccccc34)cc2)c1. The molecule has 11 aromatic carbocycles. The number of rotatable bonds is 7. The summed E-state index contributed by atoms with van der Waals surface area (Å²) >= 11 is 0. The average Bonchev–Trinajstić information content (AvgIpc) is 3.93. The van der Waals surface area contributed by atoms with Crippen LogP contribution < -0.4 is 4.90 Å². The Balaban J connectivity index is 0.933. The molecule has 0 saturated heterocycles. The van der Waals surface area contributed by atoms with Crippen molar-refractivity contribution in [1.29, 1.82) is 0 Å². The molecular weight excluding hydrogens is 789 g/mol. The molecule has 0 aliphatic carbocycles. The highest BCUT2D eigenvalue weighted by molar-refractivity contribution is 6.11. The average molecular weight is 829 g/mol. The largest absolute Gasteiger partial charge is 0.455 e. The summed E-state index contributed by atoms with van der Waals surface area (Å²) in [4.78, 5) is 2.37. The lowest BCUT2D eigenvalue weighted by molar-refractivity contribution is 0.670. The Morgan fingerprint density at radius 3 is 1.66 bits per heavy atom. The van der Waals surface area contributed by atoms with Crippen LogP contribution in [0.3, 0.4) is 0 Å². The summed E-state index contributed by atoms with van der Waals surface area (Å²) in [6, 6.07) is 87.7. The van der Waals surface area contributed by atoms with Gasteiger partial charge in [-0.25, -0.2) is 0 Å². The summed E-state index contributed by atoms with van der Waals surface area (Å²) in [7, 11) is 0. The van der Waals surface area contributed by atoms with Crippen LogP contribution in [0.15, 0.2) is 247 Å². The second-order valence-corrected chi connectivity index (χ2v) is 16.9. The van der Waals surface area contributed by atoms with Crippen molar-refractivity contribution < 1.29 is 4.42 Å². The quantitative estimate of drug-likeness (QED) is 0.149. The number of benzene rings is 11. The Bertz CT molecular complexity index is 3900. The molecule has 0 saturated carbocycles. The number of para-hydroxylation sites is 5. The van der Waals surface area contributed by atoms with Gasteiger partial charge in [-0.3, -0.25) is 0 Å². The van der Waals surface area contributed by atoms with Crippen molar-refractivity contribution >= 4 is 82.4 Å². The summed E-state index contributed by atoms with van der Waals surface area (Å²) in [5.74, 6) is 0. The van der Waals surface area contributed by atoms with Crippen LogP contribution in [0.1, 0.15) is 0 Å². The fourth-order valence-electron chi connectivity index (χ4n) is 10.1. The zero-order valence-corrected chi connectivity index (χ0v) is 35.4. The van der Waals surface area contributed by atoms with Gasteiger partial charge in [0.05, 0.1) is 16.7 Å². The van der Waals surface area contributed by atoms with E-state index in [1.807, 2.05) is 12.1 Å². The highest BCUT2D eigenvalue weighted by atomic mass is 16.3. The maximum atomic E-state index is 6.47. The summed E-state index contributed by atoms with van der Waals surface area (Å²) in [5, 5.41) is 9.81. The van der Waals surface area contributed by atoms with Crippen LogP contribution in [0.25, 0.3) is 104 Å². The van der Waals surface area contributed by atoms with E-state index in [9.17, 15) is 0 Å². The highest BCUT2D eigenvalue weighted by Gasteiger charge is 2.19. The van der Waals surface area contributed by atoms with Crippen LogP contribution in [0, 0.1) is 0 Å². The standard InChI is InChI=1S/C62H40N2O/c1-2-16-50-42(13-1)27-28-46-39-44(33-38-51(46)50)41-29-34-47(35-30-41)63(48-36-31-43(32-37-48)53-21-12-22-57-56-20-6-10-26-61(56)65-62(53)57)49-15-11-14-45(40-49)52-17-3-7-23-58(52)64-59-24-8-4-18-54(59)55-19-5-9-25-60(55)64/h1-40H. The van der Waals surface area contributed by atoms with E-state index in [0.29, 0.717) is 0 Å². The van der Waals surface area contributed by atoms with E-state index in [1.54, 1.807) is 0 Å². The fraction of sp³-hybridized carbons (Fsp3) is 0. The van der Waals surface area contributed by atoms with Gasteiger partial charge >= 0.3 is 0 Å². The van der Waals surface area contributed by atoms with Gasteiger partial charge in [0.25, 0.3) is 0 Å². The first-order valence-electron chi connectivity index (χ1n) is 22.2. The maximum Gasteiger partial charge on any atom is 0.143 e. The second kappa shape index (κ2) is 15.0. The predicted molar refractivity (Wildman–Crippen MR) is 274 cm³/mol. The molecule has 3 heteroatoms. The first kappa shape index (κ1) is 36.9. The Morgan fingerprint density at radius 2 is 0.877 bits per heavy atom. The van der Waals surface area contributed by atoms with E-state index in [4.69, 9.17) is 4.42 Å². The molecule has 0 fully saturated rings. The lowest BCUT2D eigenvalue weighted by Gasteiger charge is -2.27. The maximum absolute atomic E-state index is 6.47. The number of furan rings is 1. The number of aromatic nitrogens is 1. The molecule has 0 atom stereocenters. The summed E-state index contributed by atoms with van der Waals surface area (Å²) in [6.45, 7) is 0. The molecule has 2 heterocycles. The van der Waals surface area contributed by atoms with Gasteiger partial charge in [0.15, 0.2) is 0 Å². The van der Waals surface area contributed by atoms with E-state index in [0.717, 1.165) is 66.9 Å². The van der Waals surface area contributed by atoms with Crippen LogP contribution >= 0.6 is 0 Å². The predicted octanol–water partition coefficient (Wildman–Crippen LogP) is 17.5. The van der Waals surface area contributed by atoms with Crippen molar-refractivity contribution in [1.82, 2.24) is 4.57 Å². The topological polar surface area (TPSA) is 21.3 Å². The third-order valence-corrected chi connectivity index (χ3v) is 13.2. The van der Waals surface area contributed by atoms with Gasteiger partial charge in [-0.2, -0.15) is 0 Å². The van der Waals surface area contributed by atoms with Crippen LogP contribution in [0.5, 0.6) is 0 Å². The smallest absolute Gasteiger partial charge is 0.143 e. The Hall–Kier alpha value is -8.66. The zero-order chi connectivity index (χ0) is 42.8. The Morgan fingerprint density at radius 1 is 0.308 bits per heavy atom. The minimum absolute atomic E-state index is 0.901. The molecule has 0 amide bonds. The molecule has 65 heavy (non-hydrogen) atoms. The van der Waals surface area contributed by atoms with Crippen molar-refractivity contribution in [2.24, 2.45) is 0 Å².